The Labute approximate surface area is 254 Å². The number of nitrogens with one attached hydrogen (secondary N) is 1. The molecule has 3 heteroatoms. The third kappa shape index (κ3) is 4.78. The number of hydrogen-bond donors (Lipinski definition) is 2. The van der Waals surface area contributed by atoms with Gasteiger partial charge in [-0.25, -0.2) is 0 Å². The normalized spacial score (nSPS) is 13.5. The van der Waals surface area contributed by atoms with Gasteiger partial charge in [0.05, 0.1) is 12.2 Å². The minimum atomic E-state index is -0.310. The van der Waals surface area contributed by atoms with Gasteiger partial charge in [0.25, 0.3) is 0 Å². The summed E-state index contributed by atoms with van der Waals surface area (Å²) in [6.07, 6.45) is 4.20. The molecule has 7 aromatic carbocycles. The molecule has 0 aliphatic carbocycles. The summed E-state index contributed by atoms with van der Waals surface area (Å²) in [4.78, 5) is 0. The van der Waals surface area contributed by atoms with Crippen LogP contribution in [0.1, 0.15) is 28.9 Å². The molecule has 0 bridgehead atoms. The van der Waals surface area contributed by atoms with Gasteiger partial charge in [0.1, 0.15) is 0 Å². The van der Waals surface area contributed by atoms with E-state index < -0.39 is 0 Å². The highest BCUT2D eigenvalue weighted by Crippen LogP contribution is 2.36. The Balaban J connectivity index is 1.23. The molecule has 8 rings (SSSR count). The van der Waals surface area contributed by atoms with Crippen LogP contribution in [0.4, 0.5) is 0 Å². The van der Waals surface area contributed by atoms with E-state index in [1.54, 1.807) is 0 Å². The molecule has 206 valence electrons. The summed E-state index contributed by atoms with van der Waals surface area (Å²) in [5.41, 5.74) is 10.2. The first kappa shape index (κ1) is 25.9. The standard InChI is InChI=1S/C40H30N2S/c41-40(27-9-2-1-3-10-27)42-37(31-19-22-39-36(25-31)34-14-6-7-16-38(34)43-39)21-18-26-13-8-15-33-32(26)20-17-30-23-28-11-4-5-12-29(28)24-35(30)33/h1-25,37,40,42H,41H2/b21-18+. The highest BCUT2D eigenvalue weighted by atomic mass is 32.1. The van der Waals surface area contributed by atoms with Gasteiger partial charge >= 0.3 is 0 Å². The van der Waals surface area contributed by atoms with Crippen LogP contribution in [0.2, 0.25) is 0 Å². The van der Waals surface area contributed by atoms with E-state index in [-0.39, 0.29) is 12.2 Å². The summed E-state index contributed by atoms with van der Waals surface area (Å²) < 4.78 is 2.61. The van der Waals surface area contributed by atoms with Crippen LogP contribution in [0.3, 0.4) is 0 Å². The third-order valence-corrected chi connectivity index (χ3v) is 9.68. The van der Waals surface area contributed by atoms with Gasteiger partial charge in [-0.2, -0.15) is 0 Å². The number of fused-ring (bicyclic) bond motifs is 7. The Morgan fingerprint density at radius 2 is 1.26 bits per heavy atom. The minimum absolute atomic E-state index is 0.0853. The van der Waals surface area contributed by atoms with Gasteiger partial charge in [0, 0.05) is 20.2 Å². The summed E-state index contributed by atoms with van der Waals surface area (Å²) in [6, 6.07) is 49.9. The zero-order valence-electron chi connectivity index (χ0n) is 23.6. The van der Waals surface area contributed by atoms with E-state index in [9.17, 15) is 0 Å². The molecule has 3 N–H and O–H groups in total. The lowest BCUT2D eigenvalue weighted by Gasteiger charge is -2.22. The molecular weight excluding hydrogens is 541 g/mol. The first-order valence-corrected chi connectivity index (χ1v) is 15.5. The van der Waals surface area contributed by atoms with Gasteiger partial charge in [-0.05, 0) is 79.3 Å². The van der Waals surface area contributed by atoms with Crippen molar-refractivity contribution in [1.29, 1.82) is 0 Å². The van der Waals surface area contributed by atoms with Crippen LogP contribution in [0.5, 0.6) is 0 Å². The molecule has 0 aliphatic heterocycles. The van der Waals surface area contributed by atoms with Crippen LogP contribution in [0.25, 0.3) is 58.6 Å². The average molecular weight is 571 g/mol. The van der Waals surface area contributed by atoms with E-state index in [4.69, 9.17) is 5.73 Å². The lowest BCUT2D eigenvalue weighted by molar-refractivity contribution is 0.509. The Hall–Kier alpha value is -4.80. The molecule has 43 heavy (non-hydrogen) atoms. The highest BCUT2D eigenvalue weighted by Gasteiger charge is 2.16. The van der Waals surface area contributed by atoms with Crippen molar-refractivity contribution in [3.63, 3.8) is 0 Å². The fourth-order valence-corrected chi connectivity index (χ4v) is 7.39. The van der Waals surface area contributed by atoms with Crippen LogP contribution in [0.15, 0.2) is 146 Å². The second kappa shape index (κ2) is 10.8. The van der Waals surface area contributed by atoms with Crippen molar-refractivity contribution >= 4 is 69.9 Å². The van der Waals surface area contributed by atoms with E-state index in [1.165, 1.54) is 63.6 Å². The fourth-order valence-electron chi connectivity index (χ4n) is 6.30. The SMILES string of the molecule is NC(NC(/C=C/c1cccc2c1ccc1cc3ccccc3cc12)c1ccc2sc3ccccc3c2c1)c1ccccc1. The van der Waals surface area contributed by atoms with Crippen molar-refractivity contribution in [2.24, 2.45) is 5.73 Å². The molecule has 0 fully saturated rings. The van der Waals surface area contributed by atoms with E-state index in [1.807, 2.05) is 29.5 Å². The van der Waals surface area contributed by atoms with Gasteiger partial charge in [-0.1, -0.05) is 121 Å². The summed E-state index contributed by atoms with van der Waals surface area (Å²) in [7, 11) is 0. The molecule has 0 saturated heterocycles. The predicted molar refractivity (Wildman–Crippen MR) is 187 cm³/mol. The van der Waals surface area contributed by atoms with Gasteiger partial charge in [0.15, 0.2) is 0 Å². The van der Waals surface area contributed by atoms with Crippen LogP contribution >= 0.6 is 11.3 Å². The first-order chi connectivity index (χ1) is 21.2. The Morgan fingerprint density at radius 3 is 2.14 bits per heavy atom. The summed E-state index contributed by atoms with van der Waals surface area (Å²) >= 11 is 1.84. The summed E-state index contributed by atoms with van der Waals surface area (Å²) in [5.74, 6) is 0. The van der Waals surface area contributed by atoms with Gasteiger partial charge in [-0.3, -0.25) is 5.32 Å². The van der Waals surface area contributed by atoms with E-state index in [2.05, 4.69) is 139 Å². The minimum Gasteiger partial charge on any atom is -0.312 e. The molecule has 2 nitrogen and oxygen atoms in total. The van der Waals surface area contributed by atoms with E-state index in [0.29, 0.717) is 0 Å². The van der Waals surface area contributed by atoms with Crippen molar-refractivity contribution in [1.82, 2.24) is 5.32 Å². The molecule has 0 aliphatic rings. The molecule has 0 radical (unpaired) electrons. The summed E-state index contributed by atoms with van der Waals surface area (Å²) in [5, 5.41) is 13.9. The molecule has 1 aromatic heterocycles. The monoisotopic (exact) mass is 570 g/mol. The zero-order valence-corrected chi connectivity index (χ0v) is 24.4. The van der Waals surface area contributed by atoms with Gasteiger partial charge in [-0.15, -0.1) is 11.3 Å². The Morgan fingerprint density at radius 1 is 0.512 bits per heavy atom. The lowest BCUT2D eigenvalue weighted by Crippen LogP contribution is -2.31. The molecule has 2 unspecified atom stereocenters. The van der Waals surface area contributed by atoms with Crippen molar-refractivity contribution in [2.45, 2.75) is 12.2 Å². The second-order valence-electron chi connectivity index (χ2n) is 11.2. The molecular formula is C40H30N2S. The van der Waals surface area contributed by atoms with E-state index in [0.717, 1.165) is 5.56 Å². The zero-order chi connectivity index (χ0) is 28.8. The van der Waals surface area contributed by atoms with Crippen LogP contribution in [0, 0.1) is 0 Å². The Bertz CT molecular complexity index is 2300. The fraction of sp³-hybridized carbons (Fsp3) is 0.0500. The maximum absolute atomic E-state index is 6.74. The number of hydrogen-bond acceptors (Lipinski definition) is 3. The van der Waals surface area contributed by atoms with Gasteiger partial charge in [0.2, 0.25) is 0 Å². The van der Waals surface area contributed by atoms with Crippen LogP contribution < -0.4 is 11.1 Å². The number of rotatable bonds is 6. The second-order valence-corrected chi connectivity index (χ2v) is 12.3. The van der Waals surface area contributed by atoms with E-state index >= 15 is 0 Å². The van der Waals surface area contributed by atoms with Crippen molar-refractivity contribution in [3.8, 4) is 0 Å². The third-order valence-electron chi connectivity index (χ3n) is 8.52. The number of benzene rings is 7. The van der Waals surface area contributed by atoms with Crippen molar-refractivity contribution in [3.05, 3.63) is 162 Å². The molecule has 2 atom stereocenters. The van der Waals surface area contributed by atoms with Crippen molar-refractivity contribution < 1.29 is 0 Å². The largest absolute Gasteiger partial charge is 0.312 e. The molecule has 0 spiro atoms. The average Bonchev–Trinajstić information content (AvgIpc) is 3.44. The van der Waals surface area contributed by atoms with Crippen molar-refractivity contribution in [2.75, 3.05) is 0 Å². The summed E-state index contributed by atoms with van der Waals surface area (Å²) in [6.45, 7) is 0. The number of nitrogens with two attached hydrogens (primary N) is 1. The quantitative estimate of drug-likeness (QED) is 0.119. The Kier molecular flexibility index (Phi) is 6.50. The topological polar surface area (TPSA) is 38.0 Å². The predicted octanol–water partition coefficient (Wildman–Crippen LogP) is 10.5. The molecule has 1 heterocycles. The molecule has 8 aromatic rings. The highest BCUT2D eigenvalue weighted by molar-refractivity contribution is 7.25. The van der Waals surface area contributed by atoms with Crippen LogP contribution in [-0.4, -0.2) is 0 Å². The number of thiophene rings is 1. The molecule has 0 saturated carbocycles. The first-order valence-electron chi connectivity index (χ1n) is 14.7. The van der Waals surface area contributed by atoms with Crippen LogP contribution in [-0.2, 0) is 0 Å². The van der Waals surface area contributed by atoms with Gasteiger partial charge < -0.3 is 5.73 Å². The molecule has 0 amide bonds. The maximum atomic E-state index is 6.74. The smallest absolute Gasteiger partial charge is 0.0817 e. The lowest BCUT2D eigenvalue weighted by atomic mass is 9.95. The maximum Gasteiger partial charge on any atom is 0.0817 e.